The zero-order chi connectivity index (χ0) is 32.7. The molecule has 0 aromatic carbocycles. The Labute approximate surface area is 266 Å². The van der Waals surface area contributed by atoms with Gasteiger partial charge in [-0.1, -0.05) is 118 Å². The van der Waals surface area contributed by atoms with Crippen LogP contribution in [0.2, 0.25) is 0 Å². The van der Waals surface area contributed by atoms with E-state index in [1.165, 1.54) is 28.1 Å². The van der Waals surface area contributed by atoms with Crippen LogP contribution in [0.5, 0.6) is 0 Å². The van der Waals surface area contributed by atoms with Gasteiger partial charge in [0.1, 0.15) is 5.78 Å². The van der Waals surface area contributed by atoms with E-state index in [0.29, 0.717) is 29.6 Å². The van der Waals surface area contributed by atoms with E-state index in [1.807, 2.05) is 26.0 Å². The van der Waals surface area contributed by atoms with E-state index in [0.717, 1.165) is 44.8 Å². The number of Topliss-reactive ketones (excluding diaryl/α,β-unsaturated/α-hetero) is 1. The third-order valence-corrected chi connectivity index (χ3v) is 8.71. The molecule has 2 aliphatic heterocycles. The van der Waals surface area contributed by atoms with Crippen LogP contribution in [0, 0.1) is 47.3 Å². The van der Waals surface area contributed by atoms with Crippen LogP contribution in [0.3, 0.4) is 0 Å². The summed E-state index contributed by atoms with van der Waals surface area (Å²) in [5.74, 6) is 3.37. The second-order valence-corrected chi connectivity index (χ2v) is 13.4. The number of carbonyl (C=O) groups is 1. The molecule has 0 spiro atoms. The van der Waals surface area contributed by atoms with Crippen LogP contribution in [0.4, 0.5) is 0 Å². The number of hydrogen-bond acceptors (Lipinski definition) is 3. The number of rotatable bonds is 10. The van der Waals surface area contributed by atoms with Crippen LogP contribution < -0.4 is 0 Å². The fraction of sp³-hybridized carbons (Fsp3) is 0.650. The Hall–Kier alpha value is -2.26. The molecule has 0 amide bonds. The molecule has 0 N–H and O–H groups in total. The van der Waals surface area contributed by atoms with Crippen molar-refractivity contribution >= 4 is 11.5 Å². The minimum absolute atomic E-state index is 0.0395. The number of ether oxygens (including phenoxy) is 1. The molecule has 0 aromatic rings. The number of carbonyl (C=O) groups excluding carboxylic acids is 1. The van der Waals surface area contributed by atoms with Gasteiger partial charge in [0.25, 0.3) is 0 Å². The molecule has 0 saturated carbocycles. The molecule has 0 radical (unpaired) electrons. The minimum Gasteiger partial charge on any atom is -0.381 e. The highest BCUT2D eigenvalue weighted by Crippen LogP contribution is 2.39. The zero-order valence-corrected chi connectivity index (χ0v) is 29.9. The highest BCUT2D eigenvalue weighted by atomic mass is 16.5. The van der Waals surface area contributed by atoms with Crippen LogP contribution >= 0.6 is 0 Å². The molecule has 1 aliphatic carbocycles. The molecular weight excluding hydrogens is 526 g/mol. The Morgan fingerprint density at radius 1 is 1.14 bits per heavy atom. The predicted molar refractivity (Wildman–Crippen MR) is 189 cm³/mol. The smallest absolute Gasteiger partial charge is 0.137 e. The third-order valence-electron chi connectivity index (χ3n) is 8.71. The van der Waals surface area contributed by atoms with Gasteiger partial charge in [-0.25, -0.2) is 0 Å². The lowest BCUT2D eigenvalue weighted by Crippen LogP contribution is -2.32. The highest BCUT2D eigenvalue weighted by molar-refractivity contribution is 6.04. The predicted octanol–water partition coefficient (Wildman–Crippen LogP) is 11.2. The van der Waals surface area contributed by atoms with Crippen molar-refractivity contribution in [2.45, 2.75) is 109 Å². The first-order valence-electron chi connectivity index (χ1n) is 17.2. The number of nitrogens with zero attached hydrogens (tertiary/aromatic N) is 1. The lowest BCUT2D eigenvalue weighted by atomic mass is 9.75. The van der Waals surface area contributed by atoms with Crippen molar-refractivity contribution in [1.29, 1.82) is 0 Å². The maximum atomic E-state index is 12.2. The summed E-state index contributed by atoms with van der Waals surface area (Å²) in [7, 11) is 0. The van der Waals surface area contributed by atoms with Crippen LogP contribution in [-0.4, -0.2) is 24.7 Å². The lowest BCUT2D eigenvalue weighted by molar-refractivity contribution is -0.120. The molecule has 0 bridgehead atoms. The minimum atomic E-state index is -0.0395. The van der Waals surface area contributed by atoms with Gasteiger partial charge in [0.05, 0.1) is 0 Å². The molecule has 3 aliphatic rings. The average molecular weight is 592 g/mol. The van der Waals surface area contributed by atoms with E-state index in [-0.39, 0.29) is 17.6 Å². The molecule has 3 rings (SSSR count). The van der Waals surface area contributed by atoms with Gasteiger partial charge in [-0.3, -0.25) is 9.79 Å². The fourth-order valence-electron chi connectivity index (χ4n) is 6.39. The molecule has 3 nitrogen and oxygen atoms in total. The topological polar surface area (TPSA) is 38.7 Å². The zero-order valence-electron chi connectivity index (χ0n) is 29.9. The van der Waals surface area contributed by atoms with E-state index >= 15 is 0 Å². The van der Waals surface area contributed by atoms with Gasteiger partial charge in [0.2, 0.25) is 0 Å². The summed E-state index contributed by atoms with van der Waals surface area (Å²) in [6.07, 6.45) is 19.6. The Balaban J connectivity index is 0.00000142. The summed E-state index contributed by atoms with van der Waals surface area (Å²) in [5.41, 5.74) is 6.34. The summed E-state index contributed by atoms with van der Waals surface area (Å²) in [4.78, 5) is 17.6. The van der Waals surface area contributed by atoms with E-state index < -0.39 is 0 Å². The maximum Gasteiger partial charge on any atom is 0.137 e. The third kappa shape index (κ3) is 11.6. The van der Waals surface area contributed by atoms with E-state index in [4.69, 9.17) is 9.73 Å². The summed E-state index contributed by atoms with van der Waals surface area (Å²) >= 11 is 0. The quantitative estimate of drug-likeness (QED) is 0.237. The maximum absolute atomic E-state index is 12.2. The van der Waals surface area contributed by atoms with E-state index in [1.54, 1.807) is 6.92 Å². The first-order chi connectivity index (χ1) is 20.4. The molecular formula is C40H65NO2. The van der Waals surface area contributed by atoms with Crippen molar-refractivity contribution in [1.82, 2.24) is 0 Å². The first-order valence-corrected chi connectivity index (χ1v) is 17.2. The van der Waals surface area contributed by atoms with Crippen LogP contribution in [0.15, 0.2) is 76.5 Å². The van der Waals surface area contributed by atoms with Crippen molar-refractivity contribution in [2.75, 3.05) is 13.2 Å². The number of ketones is 1. The molecule has 3 heteroatoms. The molecule has 0 aromatic heterocycles. The number of hydrogen-bond donors (Lipinski definition) is 0. The van der Waals surface area contributed by atoms with Gasteiger partial charge in [0.15, 0.2) is 0 Å². The van der Waals surface area contributed by atoms with Crippen LogP contribution in [-0.2, 0) is 9.53 Å². The molecule has 5 unspecified atom stereocenters. The summed E-state index contributed by atoms with van der Waals surface area (Å²) in [6, 6.07) is 0. The molecule has 7 atom stereocenters. The number of aliphatic imine (C=N–C) groups is 1. The summed E-state index contributed by atoms with van der Waals surface area (Å²) < 4.78 is 5.75. The molecule has 2 heterocycles. The van der Waals surface area contributed by atoms with Crippen molar-refractivity contribution in [2.24, 2.45) is 52.3 Å². The highest BCUT2D eigenvalue weighted by Gasteiger charge is 2.33. The standard InChI is InChI=1S/C34H49NO2.C4H10.C2H6/c1-9-12-22(3)30(13-10-2)34-31(24(5)20-33(35-34)29-18-19-37-21-25(29)6)17-16-23(4)28-14-11-15-32(26(28)7)27(8)36;1-4(2)3;1-2/h9,11,14-17,20,22,24-26,29-30,32H,1,10,12-13,18-19,21H2,2-8H3;4H,1-3H3;1-2H3/b23-16+,31-17+;;/t22-,24?,25-,26?,29?,30?,32?;;/m0../s1. The van der Waals surface area contributed by atoms with E-state index in [9.17, 15) is 4.79 Å². The van der Waals surface area contributed by atoms with Gasteiger partial charge < -0.3 is 4.74 Å². The average Bonchev–Trinajstić information content (AvgIpc) is 2.96. The first kappa shape index (κ1) is 38.8. The largest absolute Gasteiger partial charge is 0.381 e. The van der Waals surface area contributed by atoms with Crippen molar-refractivity contribution in [3.05, 3.63) is 71.5 Å². The summed E-state index contributed by atoms with van der Waals surface area (Å²) in [6.45, 7) is 31.5. The fourth-order valence-corrected chi connectivity index (χ4v) is 6.39. The Morgan fingerprint density at radius 2 is 1.79 bits per heavy atom. The Morgan fingerprint density at radius 3 is 2.35 bits per heavy atom. The normalized spacial score (nSPS) is 27.9. The number of allylic oxidation sites excluding steroid dienone is 11. The molecule has 43 heavy (non-hydrogen) atoms. The monoisotopic (exact) mass is 592 g/mol. The second-order valence-electron chi connectivity index (χ2n) is 13.4. The van der Waals surface area contributed by atoms with Gasteiger partial charge in [-0.05, 0) is 73.5 Å². The lowest BCUT2D eigenvalue weighted by Gasteiger charge is -2.35. The second kappa shape index (κ2) is 19.9. The summed E-state index contributed by atoms with van der Waals surface area (Å²) in [5, 5.41) is 0. The van der Waals surface area contributed by atoms with Crippen molar-refractivity contribution in [3.63, 3.8) is 0 Å². The SMILES string of the molecule is C=CC[C@H](C)C(CCC)C1=NC(C2CCOC[C@@H]2C)=CC(C)/C1=C\C=C(/C)C1=CC=CC(C(C)=O)C1C.CC.CC(C)C. The van der Waals surface area contributed by atoms with Crippen molar-refractivity contribution < 1.29 is 9.53 Å². The Kier molecular flexibility index (Phi) is 17.9. The van der Waals surface area contributed by atoms with Gasteiger partial charge in [-0.15, -0.1) is 6.58 Å². The van der Waals surface area contributed by atoms with E-state index in [2.05, 4.69) is 99.3 Å². The van der Waals surface area contributed by atoms with Crippen LogP contribution in [0.25, 0.3) is 0 Å². The van der Waals surface area contributed by atoms with Crippen LogP contribution in [0.1, 0.15) is 109 Å². The van der Waals surface area contributed by atoms with Crippen molar-refractivity contribution in [3.8, 4) is 0 Å². The molecule has 242 valence electrons. The molecule has 1 saturated heterocycles. The van der Waals surface area contributed by atoms with Gasteiger partial charge in [0, 0.05) is 48.3 Å². The molecule has 1 fully saturated rings. The van der Waals surface area contributed by atoms with Gasteiger partial charge >= 0.3 is 0 Å². The Bertz CT molecular complexity index is 1060. The van der Waals surface area contributed by atoms with Gasteiger partial charge in [-0.2, -0.15) is 0 Å².